The summed E-state index contributed by atoms with van der Waals surface area (Å²) in [6, 6.07) is 6.36. The van der Waals surface area contributed by atoms with Crippen molar-refractivity contribution in [2.75, 3.05) is 0 Å². The van der Waals surface area contributed by atoms with Crippen LogP contribution in [0.1, 0.15) is 25.0 Å². The van der Waals surface area contributed by atoms with Crippen LogP contribution in [0.4, 0.5) is 8.78 Å². The Labute approximate surface area is 77.6 Å². The Bertz CT molecular complexity index is 290. The summed E-state index contributed by atoms with van der Waals surface area (Å²) in [6.07, 6.45) is 0. The highest BCUT2D eigenvalue weighted by Gasteiger charge is 2.36. The highest BCUT2D eigenvalue weighted by Crippen LogP contribution is 2.36. The maximum Gasteiger partial charge on any atom is 0.275 e. The lowest BCUT2D eigenvalue weighted by Gasteiger charge is -2.22. The molecule has 0 aliphatic heterocycles. The number of rotatable bonds is 2. The molecule has 0 atom stereocenters. The van der Waals surface area contributed by atoms with Crippen molar-refractivity contribution in [3.05, 3.63) is 42.3 Å². The van der Waals surface area contributed by atoms with Gasteiger partial charge in [0.05, 0.1) is 0 Å². The van der Waals surface area contributed by atoms with Gasteiger partial charge in [0, 0.05) is 11.5 Å². The summed E-state index contributed by atoms with van der Waals surface area (Å²) in [7, 11) is 0. The third-order valence-electron chi connectivity index (χ3n) is 2.10. The quantitative estimate of drug-likeness (QED) is 0.657. The van der Waals surface area contributed by atoms with Gasteiger partial charge in [0.25, 0.3) is 5.92 Å². The highest BCUT2D eigenvalue weighted by atomic mass is 19.3. The van der Waals surface area contributed by atoms with Crippen LogP contribution in [0.5, 0.6) is 0 Å². The van der Waals surface area contributed by atoms with Gasteiger partial charge < -0.3 is 0 Å². The van der Waals surface area contributed by atoms with Crippen LogP contribution in [0.2, 0.25) is 0 Å². The maximum atomic E-state index is 13.5. The molecule has 0 nitrogen and oxygen atoms in total. The highest BCUT2D eigenvalue weighted by molar-refractivity contribution is 5.33. The van der Waals surface area contributed by atoms with E-state index in [0.29, 0.717) is 5.56 Å². The zero-order valence-electron chi connectivity index (χ0n) is 7.85. The first-order chi connectivity index (χ1) is 5.96. The monoisotopic (exact) mass is 183 g/mol. The predicted molar refractivity (Wildman–Crippen MR) is 49.6 cm³/mol. The van der Waals surface area contributed by atoms with E-state index in [-0.39, 0.29) is 5.56 Å². The van der Waals surface area contributed by atoms with Crippen molar-refractivity contribution >= 4 is 0 Å². The van der Waals surface area contributed by atoms with Crippen LogP contribution in [0.25, 0.3) is 0 Å². The molecular formula is C11H13F2. The Hall–Kier alpha value is -0.920. The first kappa shape index (κ1) is 10.2. The van der Waals surface area contributed by atoms with Crippen molar-refractivity contribution in [2.45, 2.75) is 19.8 Å². The molecule has 0 aromatic heterocycles. The lowest BCUT2D eigenvalue weighted by atomic mass is 9.94. The summed E-state index contributed by atoms with van der Waals surface area (Å²) in [5, 5.41) is 0. The van der Waals surface area contributed by atoms with Gasteiger partial charge in [-0.25, -0.2) is 8.78 Å². The molecule has 0 bridgehead atoms. The van der Waals surface area contributed by atoms with Gasteiger partial charge in [-0.15, -0.1) is 0 Å². The lowest BCUT2D eigenvalue weighted by molar-refractivity contribution is -0.0516. The molecule has 0 amide bonds. The minimum Gasteiger partial charge on any atom is -0.201 e. The fourth-order valence-electron chi connectivity index (χ4n) is 1.16. The van der Waals surface area contributed by atoms with Crippen LogP contribution in [0, 0.1) is 12.8 Å². The molecule has 0 unspecified atom stereocenters. The fourth-order valence-corrected chi connectivity index (χ4v) is 1.16. The zero-order valence-corrected chi connectivity index (χ0v) is 7.85. The number of hydrogen-bond acceptors (Lipinski definition) is 0. The van der Waals surface area contributed by atoms with Gasteiger partial charge in [0.2, 0.25) is 0 Å². The van der Waals surface area contributed by atoms with E-state index in [0.717, 1.165) is 0 Å². The smallest absolute Gasteiger partial charge is 0.201 e. The molecule has 1 aromatic rings. The van der Waals surface area contributed by atoms with E-state index < -0.39 is 11.8 Å². The van der Waals surface area contributed by atoms with E-state index >= 15 is 0 Å². The van der Waals surface area contributed by atoms with Gasteiger partial charge >= 0.3 is 0 Å². The normalized spacial score (nSPS) is 12.2. The molecule has 0 fully saturated rings. The van der Waals surface area contributed by atoms with E-state index in [1.54, 1.807) is 18.2 Å². The SMILES string of the molecule is [CH2]c1ccccc1C(F)(F)C(C)C. The van der Waals surface area contributed by atoms with Crippen LogP contribution < -0.4 is 0 Å². The van der Waals surface area contributed by atoms with Gasteiger partial charge in [-0.3, -0.25) is 0 Å². The molecule has 0 aliphatic rings. The van der Waals surface area contributed by atoms with Crippen molar-refractivity contribution in [3.8, 4) is 0 Å². The average molecular weight is 183 g/mol. The fraction of sp³-hybridized carbons (Fsp3) is 0.364. The zero-order chi connectivity index (χ0) is 10.1. The van der Waals surface area contributed by atoms with Gasteiger partial charge in [-0.05, 0) is 12.5 Å². The molecule has 0 saturated heterocycles. The van der Waals surface area contributed by atoms with Crippen molar-refractivity contribution in [1.29, 1.82) is 0 Å². The molecule has 1 rings (SSSR count). The Morgan fingerprint density at radius 1 is 1.23 bits per heavy atom. The third kappa shape index (κ3) is 1.87. The minimum atomic E-state index is -2.78. The van der Waals surface area contributed by atoms with E-state index in [1.165, 1.54) is 19.9 Å². The second-order valence-corrected chi connectivity index (χ2v) is 3.43. The van der Waals surface area contributed by atoms with E-state index in [1.807, 2.05) is 0 Å². The Morgan fingerprint density at radius 2 is 1.77 bits per heavy atom. The van der Waals surface area contributed by atoms with Crippen LogP contribution in [0.3, 0.4) is 0 Å². The summed E-state index contributed by atoms with van der Waals surface area (Å²) in [4.78, 5) is 0. The van der Waals surface area contributed by atoms with Crippen LogP contribution >= 0.6 is 0 Å². The molecule has 0 heterocycles. The van der Waals surface area contributed by atoms with Crippen LogP contribution in [-0.2, 0) is 5.92 Å². The average Bonchev–Trinajstić information content (AvgIpc) is 2.04. The van der Waals surface area contributed by atoms with E-state index in [2.05, 4.69) is 6.92 Å². The summed E-state index contributed by atoms with van der Waals surface area (Å²) >= 11 is 0. The first-order valence-electron chi connectivity index (χ1n) is 4.25. The number of hydrogen-bond donors (Lipinski definition) is 0. The number of halogens is 2. The third-order valence-corrected chi connectivity index (χ3v) is 2.10. The van der Waals surface area contributed by atoms with Crippen LogP contribution in [0.15, 0.2) is 24.3 Å². The molecule has 71 valence electrons. The number of benzene rings is 1. The van der Waals surface area contributed by atoms with E-state index in [4.69, 9.17) is 0 Å². The number of alkyl halides is 2. The summed E-state index contributed by atoms with van der Waals surface area (Å²) in [6.45, 7) is 6.60. The van der Waals surface area contributed by atoms with E-state index in [9.17, 15) is 8.78 Å². The molecule has 0 aliphatic carbocycles. The molecule has 0 saturated carbocycles. The summed E-state index contributed by atoms with van der Waals surface area (Å²) in [5.74, 6) is -3.48. The maximum absolute atomic E-state index is 13.5. The topological polar surface area (TPSA) is 0 Å². The van der Waals surface area contributed by atoms with Gasteiger partial charge in [0.1, 0.15) is 0 Å². The van der Waals surface area contributed by atoms with Crippen LogP contribution in [-0.4, -0.2) is 0 Å². The Balaban J connectivity index is 3.14. The van der Waals surface area contributed by atoms with Gasteiger partial charge in [0.15, 0.2) is 0 Å². The second kappa shape index (κ2) is 3.44. The largest absolute Gasteiger partial charge is 0.275 e. The molecule has 0 N–H and O–H groups in total. The molecule has 2 heteroatoms. The van der Waals surface area contributed by atoms with Crippen molar-refractivity contribution in [2.24, 2.45) is 5.92 Å². The standard InChI is InChI=1S/C11H13F2/c1-8(2)11(12,13)10-7-5-4-6-9(10)3/h4-8H,3H2,1-2H3. The molecule has 13 heavy (non-hydrogen) atoms. The minimum absolute atomic E-state index is 0.0324. The predicted octanol–water partition coefficient (Wildman–Crippen LogP) is 3.62. The lowest BCUT2D eigenvalue weighted by Crippen LogP contribution is -2.21. The van der Waals surface area contributed by atoms with Gasteiger partial charge in [-0.1, -0.05) is 38.1 Å². The Kier molecular flexibility index (Phi) is 2.69. The summed E-state index contributed by atoms with van der Waals surface area (Å²) in [5.41, 5.74) is 0.436. The van der Waals surface area contributed by atoms with Crippen molar-refractivity contribution in [1.82, 2.24) is 0 Å². The second-order valence-electron chi connectivity index (χ2n) is 3.43. The summed E-state index contributed by atoms with van der Waals surface area (Å²) < 4.78 is 27.0. The van der Waals surface area contributed by atoms with Crippen molar-refractivity contribution < 1.29 is 8.78 Å². The Morgan fingerprint density at radius 3 is 2.23 bits per heavy atom. The first-order valence-corrected chi connectivity index (χ1v) is 4.25. The molecule has 0 spiro atoms. The van der Waals surface area contributed by atoms with Gasteiger partial charge in [-0.2, -0.15) is 0 Å². The molecular weight excluding hydrogens is 170 g/mol. The molecule has 1 aromatic carbocycles. The molecule has 1 radical (unpaired) electrons. The van der Waals surface area contributed by atoms with Crippen molar-refractivity contribution in [3.63, 3.8) is 0 Å².